The third-order valence-electron chi connectivity index (χ3n) is 5.95. The van der Waals surface area contributed by atoms with E-state index in [0.717, 1.165) is 40.6 Å². The van der Waals surface area contributed by atoms with Crippen molar-refractivity contribution in [3.8, 4) is 28.3 Å². The monoisotopic (exact) mass is 445 g/mol. The molecule has 0 amide bonds. The number of hydrogen-bond donors (Lipinski definition) is 0. The summed E-state index contributed by atoms with van der Waals surface area (Å²) in [6.45, 7) is 2.80. The Balaban J connectivity index is 1.29. The van der Waals surface area contributed by atoms with Crippen LogP contribution in [0.1, 0.15) is 58.3 Å². The van der Waals surface area contributed by atoms with Gasteiger partial charge in [0.15, 0.2) is 17.1 Å². The Morgan fingerprint density at radius 2 is 1.42 bits per heavy atom. The Morgan fingerprint density at radius 3 is 2.15 bits per heavy atom. The molecule has 0 spiro atoms. The van der Waals surface area contributed by atoms with E-state index in [1.807, 2.05) is 54.6 Å². The number of hydrogen-bond acceptors (Lipinski definition) is 3. The van der Waals surface area contributed by atoms with Gasteiger partial charge in [0.05, 0.1) is 6.61 Å². The molecule has 4 rings (SSSR count). The summed E-state index contributed by atoms with van der Waals surface area (Å²) < 4.78 is 26.1. The number of unbranched alkanes of at least 4 members (excludes halogenated alkanes) is 7. The summed E-state index contributed by atoms with van der Waals surface area (Å²) in [5.74, 6) is 0.582. The van der Waals surface area contributed by atoms with Gasteiger partial charge in [-0.05, 0) is 53.9 Å². The molecular weight excluding hydrogens is 413 g/mol. The summed E-state index contributed by atoms with van der Waals surface area (Å²) in [4.78, 5) is 4.53. The molecule has 0 saturated heterocycles. The minimum atomic E-state index is -0.324. The Kier molecular flexibility index (Phi) is 8.13. The summed E-state index contributed by atoms with van der Waals surface area (Å²) in [7, 11) is 0. The van der Waals surface area contributed by atoms with Crippen LogP contribution in [0.4, 0.5) is 4.39 Å². The maximum absolute atomic E-state index is 14.6. The fourth-order valence-electron chi connectivity index (χ4n) is 4.02. The number of nitrogens with zero attached hydrogens (tertiary/aromatic N) is 1. The van der Waals surface area contributed by atoms with Gasteiger partial charge < -0.3 is 9.15 Å². The van der Waals surface area contributed by atoms with Crippen LogP contribution >= 0.6 is 0 Å². The average molecular weight is 446 g/mol. The first-order valence-electron chi connectivity index (χ1n) is 12.1. The van der Waals surface area contributed by atoms with Gasteiger partial charge in [-0.1, -0.05) is 82.2 Å². The van der Waals surface area contributed by atoms with E-state index < -0.39 is 0 Å². The maximum Gasteiger partial charge on any atom is 0.227 e. The van der Waals surface area contributed by atoms with E-state index in [2.05, 4.69) is 11.9 Å². The lowest BCUT2D eigenvalue weighted by Gasteiger charge is -2.09. The molecule has 0 saturated carbocycles. The second kappa shape index (κ2) is 11.6. The molecule has 0 aliphatic heterocycles. The van der Waals surface area contributed by atoms with Crippen LogP contribution in [0.25, 0.3) is 33.7 Å². The highest BCUT2D eigenvalue weighted by molar-refractivity contribution is 5.76. The highest BCUT2D eigenvalue weighted by Crippen LogP contribution is 2.29. The normalized spacial score (nSPS) is 11.2. The number of benzene rings is 3. The van der Waals surface area contributed by atoms with Crippen LogP contribution in [-0.4, -0.2) is 11.6 Å². The molecule has 4 heteroatoms. The number of para-hydroxylation sites is 2. The minimum absolute atomic E-state index is 0.324. The summed E-state index contributed by atoms with van der Waals surface area (Å²) in [6.07, 6.45) is 9.89. The number of ether oxygens (including phenoxy) is 1. The Bertz CT molecular complexity index is 1120. The topological polar surface area (TPSA) is 35.3 Å². The summed E-state index contributed by atoms with van der Waals surface area (Å²) in [5.41, 5.74) is 4.24. The lowest BCUT2D eigenvalue weighted by Crippen LogP contribution is -1.99. The van der Waals surface area contributed by atoms with E-state index in [4.69, 9.17) is 9.15 Å². The third-order valence-corrected chi connectivity index (χ3v) is 5.95. The fourth-order valence-corrected chi connectivity index (χ4v) is 4.02. The van der Waals surface area contributed by atoms with Gasteiger partial charge >= 0.3 is 0 Å². The standard InChI is InChI=1S/C29H32FNO2/c1-2-3-4-5-6-7-8-11-20-32-27-19-18-24(21-25(27)30)22-14-16-23(17-15-22)29-31-26-12-9-10-13-28(26)33-29/h9-10,12-19,21H,2-8,11,20H2,1H3. The lowest BCUT2D eigenvalue weighted by molar-refractivity contribution is 0.290. The van der Waals surface area contributed by atoms with Crippen molar-refractivity contribution in [2.45, 2.75) is 58.3 Å². The first kappa shape index (κ1) is 23.0. The minimum Gasteiger partial charge on any atom is -0.491 e. The molecule has 3 aromatic carbocycles. The molecule has 4 aromatic rings. The smallest absolute Gasteiger partial charge is 0.227 e. The van der Waals surface area contributed by atoms with Gasteiger partial charge in [-0.25, -0.2) is 9.37 Å². The van der Waals surface area contributed by atoms with Crippen molar-refractivity contribution in [3.63, 3.8) is 0 Å². The molecule has 0 radical (unpaired) electrons. The number of oxazole rings is 1. The Morgan fingerprint density at radius 1 is 0.758 bits per heavy atom. The molecule has 0 unspecified atom stereocenters. The molecule has 3 nitrogen and oxygen atoms in total. The van der Waals surface area contributed by atoms with Gasteiger partial charge in [-0.15, -0.1) is 0 Å². The maximum atomic E-state index is 14.6. The van der Waals surface area contributed by atoms with Crippen molar-refractivity contribution in [2.24, 2.45) is 0 Å². The van der Waals surface area contributed by atoms with Crippen LogP contribution in [0.2, 0.25) is 0 Å². The van der Waals surface area contributed by atoms with Crippen molar-refractivity contribution in [2.75, 3.05) is 6.61 Å². The molecule has 33 heavy (non-hydrogen) atoms. The molecular formula is C29H32FNO2. The van der Waals surface area contributed by atoms with Gasteiger partial charge in [-0.2, -0.15) is 0 Å². The van der Waals surface area contributed by atoms with E-state index in [1.54, 1.807) is 6.07 Å². The van der Waals surface area contributed by atoms with Crippen molar-refractivity contribution in [1.82, 2.24) is 4.98 Å². The molecule has 0 aliphatic rings. The summed E-state index contributed by atoms with van der Waals surface area (Å²) in [6, 6.07) is 20.7. The fraction of sp³-hybridized carbons (Fsp3) is 0.345. The molecule has 0 atom stereocenters. The van der Waals surface area contributed by atoms with Crippen molar-refractivity contribution >= 4 is 11.1 Å². The van der Waals surface area contributed by atoms with Crippen LogP contribution in [0.3, 0.4) is 0 Å². The Hall–Kier alpha value is -3.14. The zero-order valence-electron chi connectivity index (χ0n) is 19.4. The van der Waals surface area contributed by atoms with Crippen LogP contribution in [0.15, 0.2) is 71.1 Å². The quantitative estimate of drug-likeness (QED) is 0.204. The van der Waals surface area contributed by atoms with Crippen molar-refractivity contribution in [3.05, 3.63) is 72.5 Å². The highest BCUT2D eigenvalue weighted by Gasteiger charge is 2.10. The van der Waals surface area contributed by atoms with Crippen molar-refractivity contribution in [1.29, 1.82) is 0 Å². The molecule has 1 heterocycles. The van der Waals surface area contributed by atoms with Gasteiger partial charge in [0.2, 0.25) is 5.89 Å². The average Bonchev–Trinajstić information content (AvgIpc) is 3.28. The predicted octanol–water partition coefficient (Wildman–Crippen LogP) is 8.82. The highest BCUT2D eigenvalue weighted by atomic mass is 19.1. The van der Waals surface area contributed by atoms with Crippen LogP contribution < -0.4 is 4.74 Å². The van der Waals surface area contributed by atoms with E-state index in [1.165, 1.54) is 44.6 Å². The molecule has 0 fully saturated rings. The van der Waals surface area contributed by atoms with E-state index in [0.29, 0.717) is 18.2 Å². The Labute approximate surface area is 195 Å². The van der Waals surface area contributed by atoms with Gasteiger partial charge in [0.1, 0.15) is 5.52 Å². The first-order chi connectivity index (χ1) is 16.2. The number of rotatable bonds is 12. The second-order valence-electron chi connectivity index (χ2n) is 8.53. The van der Waals surface area contributed by atoms with Crippen LogP contribution in [0, 0.1) is 5.82 Å². The lowest BCUT2D eigenvalue weighted by atomic mass is 10.0. The van der Waals surface area contributed by atoms with Gasteiger partial charge in [0, 0.05) is 5.56 Å². The predicted molar refractivity (Wildman–Crippen MR) is 133 cm³/mol. The molecule has 1 aromatic heterocycles. The number of aromatic nitrogens is 1. The van der Waals surface area contributed by atoms with E-state index in [9.17, 15) is 4.39 Å². The summed E-state index contributed by atoms with van der Waals surface area (Å²) >= 11 is 0. The van der Waals surface area contributed by atoms with E-state index in [-0.39, 0.29) is 5.82 Å². The molecule has 0 N–H and O–H groups in total. The SMILES string of the molecule is CCCCCCCCCCOc1ccc(-c2ccc(-c3nc4ccccc4o3)cc2)cc1F. The zero-order chi connectivity index (χ0) is 22.9. The zero-order valence-corrected chi connectivity index (χ0v) is 19.4. The molecule has 0 aliphatic carbocycles. The largest absolute Gasteiger partial charge is 0.491 e. The molecule has 0 bridgehead atoms. The van der Waals surface area contributed by atoms with Gasteiger partial charge in [0.25, 0.3) is 0 Å². The summed E-state index contributed by atoms with van der Waals surface area (Å²) in [5, 5.41) is 0. The first-order valence-corrected chi connectivity index (χ1v) is 12.1. The number of halogens is 1. The van der Waals surface area contributed by atoms with Crippen LogP contribution in [-0.2, 0) is 0 Å². The number of fused-ring (bicyclic) bond motifs is 1. The third kappa shape index (κ3) is 6.22. The van der Waals surface area contributed by atoms with E-state index >= 15 is 0 Å². The second-order valence-corrected chi connectivity index (χ2v) is 8.53. The van der Waals surface area contributed by atoms with Crippen LogP contribution in [0.5, 0.6) is 5.75 Å². The van der Waals surface area contributed by atoms with Crippen molar-refractivity contribution < 1.29 is 13.5 Å². The molecule has 172 valence electrons. The van der Waals surface area contributed by atoms with Gasteiger partial charge in [-0.3, -0.25) is 0 Å².